The number of nitrogens with one attached hydrogen (secondary N) is 2. The molecule has 7 nitrogen and oxygen atoms in total. The third-order valence-corrected chi connectivity index (χ3v) is 5.35. The molecule has 0 aliphatic rings. The number of para-hydroxylation sites is 1. The van der Waals surface area contributed by atoms with Crippen LogP contribution in [0, 0.1) is 5.82 Å². The summed E-state index contributed by atoms with van der Waals surface area (Å²) in [5.74, 6) is -0.803. The van der Waals surface area contributed by atoms with Gasteiger partial charge in [0.05, 0.1) is 23.5 Å². The van der Waals surface area contributed by atoms with E-state index < -0.39 is 11.7 Å². The first-order chi connectivity index (χ1) is 15.9. The molecule has 0 heterocycles. The number of anilines is 1. The summed E-state index contributed by atoms with van der Waals surface area (Å²) in [6, 6.07) is 16.0. The average Bonchev–Trinajstić information content (AvgIpc) is 2.80. The van der Waals surface area contributed by atoms with Crippen molar-refractivity contribution in [1.82, 2.24) is 5.43 Å². The van der Waals surface area contributed by atoms with Gasteiger partial charge < -0.3 is 14.8 Å². The van der Waals surface area contributed by atoms with E-state index in [4.69, 9.17) is 9.47 Å². The molecule has 2 N–H and O–H groups in total. The van der Waals surface area contributed by atoms with Gasteiger partial charge in [0.1, 0.15) is 5.82 Å². The van der Waals surface area contributed by atoms with Gasteiger partial charge in [-0.2, -0.15) is 5.10 Å². The number of carbonyl (C=O) groups is 2. The number of hydrogen-bond acceptors (Lipinski definition) is 5. The minimum absolute atomic E-state index is 0.0638. The highest BCUT2D eigenvalue weighted by atomic mass is 79.9. The van der Waals surface area contributed by atoms with Crippen molar-refractivity contribution in [3.63, 3.8) is 0 Å². The molecule has 3 rings (SSSR count). The number of hydrogen-bond donors (Lipinski definition) is 2. The van der Waals surface area contributed by atoms with Crippen LogP contribution in [0.1, 0.15) is 15.9 Å². The third-order valence-electron chi connectivity index (χ3n) is 4.23. The van der Waals surface area contributed by atoms with Crippen LogP contribution in [0.15, 0.2) is 74.7 Å². The summed E-state index contributed by atoms with van der Waals surface area (Å²) in [4.78, 5) is 24.3. The van der Waals surface area contributed by atoms with Crippen LogP contribution in [0.25, 0.3) is 0 Å². The molecule has 3 aromatic carbocycles. The largest absolute Gasteiger partial charge is 0.493 e. The van der Waals surface area contributed by atoms with Gasteiger partial charge in [-0.25, -0.2) is 9.82 Å². The number of nitrogens with zero attached hydrogens (tertiary/aromatic N) is 1. The van der Waals surface area contributed by atoms with Crippen LogP contribution in [-0.4, -0.2) is 31.7 Å². The predicted octanol–water partition coefficient (Wildman–Crippen LogP) is 5.14. The first kappa shape index (κ1) is 24.4. The molecular formula is C23H18Br2FN3O4. The zero-order valence-corrected chi connectivity index (χ0v) is 20.4. The Morgan fingerprint density at radius 3 is 2.52 bits per heavy atom. The molecule has 33 heavy (non-hydrogen) atoms. The molecule has 0 radical (unpaired) electrons. The number of hydrazone groups is 1. The summed E-state index contributed by atoms with van der Waals surface area (Å²) in [5, 5.41) is 6.41. The second-order valence-electron chi connectivity index (χ2n) is 6.56. The summed E-state index contributed by atoms with van der Waals surface area (Å²) in [7, 11) is 1.45. The number of halogens is 3. The fraction of sp³-hybridized carbons (Fsp3) is 0.0870. The molecule has 0 fully saturated rings. The molecule has 0 unspecified atom stereocenters. The quantitative estimate of drug-likeness (QED) is 0.286. The van der Waals surface area contributed by atoms with E-state index >= 15 is 0 Å². The molecule has 0 bridgehead atoms. The van der Waals surface area contributed by atoms with Gasteiger partial charge in [-0.3, -0.25) is 9.59 Å². The number of ether oxygens (including phenoxy) is 2. The van der Waals surface area contributed by atoms with Crippen molar-refractivity contribution < 1.29 is 23.5 Å². The van der Waals surface area contributed by atoms with Crippen LogP contribution < -0.4 is 20.2 Å². The molecule has 0 aromatic heterocycles. The molecule has 0 atom stereocenters. The van der Waals surface area contributed by atoms with Gasteiger partial charge in [0.2, 0.25) is 0 Å². The summed E-state index contributed by atoms with van der Waals surface area (Å²) < 4.78 is 26.0. The van der Waals surface area contributed by atoms with Crippen LogP contribution in [0.5, 0.6) is 11.5 Å². The third kappa shape index (κ3) is 6.87. The Bertz CT molecular complexity index is 1190. The lowest BCUT2D eigenvalue weighted by atomic mass is 10.2. The number of amides is 2. The Kier molecular flexibility index (Phi) is 8.56. The van der Waals surface area contributed by atoms with Crippen molar-refractivity contribution in [3.8, 4) is 11.5 Å². The minimum Gasteiger partial charge on any atom is -0.493 e. The Hall–Kier alpha value is -3.24. The summed E-state index contributed by atoms with van der Waals surface area (Å²) in [6.07, 6.45) is 1.44. The van der Waals surface area contributed by atoms with E-state index in [1.165, 1.54) is 31.5 Å². The molecule has 0 saturated carbocycles. The standard InChI is InChI=1S/C23H18Br2FN3O4/c1-32-20-11-14(12-27-29-23(31)15-6-8-16(24)9-7-15)10-17(25)22(20)33-13-21(30)28-19-5-3-2-4-18(19)26/h2-12H,13H2,1H3,(H,28,30)(H,29,31)/b27-12+. The molecule has 0 spiro atoms. The SMILES string of the molecule is COc1cc(/C=N/NC(=O)c2ccc(Br)cc2)cc(Br)c1OCC(=O)Nc1ccccc1F. The monoisotopic (exact) mass is 577 g/mol. The summed E-state index contributed by atoms with van der Waals surface area (Å²) in [6.45, 7) is -0.361. The van der Waals surface area contributed by atoms with E-state index in [0.717, 1.165) is 4.47 Å². The summed E-state index contributed by atoms with van der Waals surface area (Å²) >= 11 is 6.70. The van der Waals surface area contributed by atoms with Crippen LogP contribution >= 0.6 is 31.9 Å². The average molecular weight is 579 g/mol. The van der Waals surface area contributed by atoms with E-state index in [2.05, 4.69) is 47.7 Å². The second-order valence-corrected chi connectivity index (χ2v) is 8.33. The van der Waals surface area contributed by atoms with Gasteiger partial charge >= 0.3 is 0 Å². The van der Waals surface area contributed by atoms with Gasteiger partial charge in [-0.1, -0.05) is 28.1 Å². The molecule has 0 aliphatic heterocycles. The molecule has 0 aliphatic carbocycles. The lowest BCUT2D eigenvalue weighted by Gasteiger charge is -2.13. The zero-order valence-electron chi connectivity index (χ0n) is 17.3. The van der Waals surface area contributed by atoms with Crippen LogP contribution in [0.3, 0.4) is 0 Å². The minimum atomic E-state index is -0.541. The fourth-order valence-corrected chi connectivity index (χ4v) is 3.51. The van der Waals surface area contributed by atoms with E-state index in [1.807, 2.05) is 0 Å². The lowest BCUT2D eigenvalue weighted by Crippen LogP contribution is -2.21. The molecular weight excluding hydrogens is 561 g/mol. The molecule has 10 heteroatoms. The first-order valence-corrected chi connectivity index (χ1v) is 11.1. The first-order valence-electron chi connectivity index (χ1n) is 9.51. The summed E-state index contributed by atoms with van der Waals surface area (Å²) in [5.41, 5.74) is 3.59. The van der Waals surface area contributed by atoms with Crippen molar-refractivity contribution in [2.24, 2.45) is 5.10 Å². The van der Waals surface area contributed by atoms with E-state index in [9.17, 15) is 14.0 Å². The van der Waals surface area contributed by atoms with Crippen LogP contribution in [-0.2, 0) is 4.79 Å². The molecule has 2 amide bonds. The van der Waals surface area contributed by atoms with Crippen molar-refractivity contribution in [2.45, 2.75) is 0 Å². The van der Waals surface area contributed by atoms with Crippen LogP contribution in [0.4, 0.5) is 10.1 Å². The highest BCUT2D eigenvalue weighted by Gasteiger charge is 2.14. The predicted molar refractivity (Wildman–Crippen MR) is 130 cm³/mol. The topological polar surface area (TPSA) is 89.0 Å². The van der Waals surface area contributed by atoms with Gasteiger partial charge in [0.25, 0.3) is 11.8 Å². The Labute approximate surface area is 206 Å². The van der Waals surface area contributed by atoms with Gasteiger partial charge in [0, 0.05) is 10.0 Å². The Morgan fingerprint density at radius 2 is 1.82 bits per heavy atom. The normalized spacial score (nSPS) is 10.7. The maximum absolute atomic E-state index is 13.7. The van der Waals surface area contributed by atoms with Crippen molar-refractivity contribution in [2.75, 3.05) is 19.0 Å². The van der Waals surface area contributed by atoms with Crippen molar-refractivity contribution in [3.05, 3.63) is 86.6 Å². The van der Waals surface area contributed by atoms with Crippen molar-refractivity contribution >= 4 is 55.6 Å². The fourth-order valence-electron chi connectivity index (χ4n) is 2.67. The number of rotatable bonds is 8. The highest BCUT2D eigenvalue weighted by Crippen LogP contribution is 2.36. The maximum atomic E-state index is 13.7. The smallest absolute Gasteiger partial charge is 0.271 e. The molecule has 170 valence electrons. The number of methoxy groups -OCH3 is 1. The van der Waals surface area contributed by atoms with Crippen LogP contribution in [0.2, 0.25) is 0 Å². The van der Waals surface area contributed by atoms with E-state index in [-0.39, 0.29) is 24.0 Å². The lowest BCUT2D eigenvalue weighted by molar-refractivity contribution is -0.118. The van der Waals surface area contributed by atoms with Crippen molar-refractivity contribution in [1.29, 1.82) is 0 Å². The highest BCUT2D eigenvalue weighted by molar-refractivity contribution is 9.10. The number of benzene rings is 3. The molecule has 3 aromatic rings. The molecule has 0 saturated heterocycles. The zero-order chi connectivity index (χ0) is 23.8. The maximum Gasteiger partial charge on any atom is 0.271 e. The van der Waals surface area contributed by atoms with E-state index in [0.29, 0.717) is 21.3 Å². The second kappa shape index (κ2) is 11.6. The number of carbonyl (C=O) groups excluding carboxylic acids is 2. The van der Waals surface area contributed by atoms with Gasteiger partial charge in [-0.15, -0.1) is 0 Å². The Balaban J connectivity index is 1.63. The van der Waals surface area contributed by atoms with Gasteiger partial charge in [0.15, 0.2) is 18.1 Å². The van der Waals surface area contributed by atoms with Gasteiger partial charge in [-0.05, 0) is 70.0 Å². The Morgan fingerprint density at radius 1 is 1.09 bits per heavy atom. The van der Waals surface area contributed by atoms with E-state index in [1.54, 1.807) is 42.5 Å².